The van der Waals surface area contributed by atoms with Gasteiger partial charge in [-0.05, 0) is 74.1 Å². The maximum absolute atomic E-state index is 14.7. The number of hydrazine groups is 1. The molecule has 3 fully saturated rings. The lowest BCUT2D eigenvalue weighted by atomic mass is 9.84. The monoisotopic (exact) mass is 989 g/mol. The lowest BCUT2D eigenvalue weighted by Crippen LogP contribution is -2.62. The number of amides is 5. The van der Waals surface area contributed by atoms with Gasteiger partial charge >= 0.3 is 18.2 Å². The number of rotatable bonds is 9. The Balaban J connectivity index is 1.16. The molecule has 0 saturated carbocycles. The maximum Gasteiger partial charge on any atom is 0.406 e. The zero-order valence-electron chi connectivity index (χ0n) is 41.1. The van der Waals surface area contributed by atoms with Gasteiger partial charge in [-0.1, -0.05) is 34.3 Å². The van der Waals surface area contributed by atoms with Crippen LogP contribution in [0.25, 0.3) is 33.6 Å². The number of oxazole rings is 1. The molecule has 3 aromatic heterocycles. The number of hydrogen-bond acceptors (Lipinski definition) is 12. The van der Waals surface area contributed by atoms with Crippen LogP contribution < -0.4 is 10.7 Å². The maximum atomic E-state index is 14.7. The Morgan fingerprint density at radius 1 is 1.13 bits per heavy atom. The predicted octanol–water partition coefficient (Wildman–Crippen LogP) is 5.45. The molecule has 3 saturated heterocycles. The first-order valence-electron chi connectivity index (χ1n) is 23.9. The van der Waals surface area contributed by atoms with Crippen LogP contribution >= 0.6 is 0 Å². The molecule has 7 heterocycles. The van der Waals surface area contributed by atoms with Crippen molar-refractivity contribution in [1.82, 2.24) is 45.0 Å². The fourth-order valence-electron chi connectivity index (χ4n) is 10.3. The van der Waals surface area contributed by atoms with Crippen LogP contribution in [0.1, 0.15) is 70.5 Å². The van der Waals surface area contributed by atoms with E-state index in [-0.39, 0.29) is 73.8 Å². The summed E-state index contributed by atoms with van der Waals surface area (Å²) in [6.07, 6.45) is -0.738. The summed E-state index contributed by atoms with van der Waals surface area (Å²) in [6, 6.07) is 4.16. The quantitative estimate of drug-likeness (QED) is 0.159. The molecule has 0 spiro atoms. The number of likely N-dealkylation sites (tertiary alicyclic amines) is 1. The number of carbonyl (C=O) groups excluding carboxylic acids is 5. The summed E-state index contributed by atoms with van der Waals surface area (Å²) in [5, 5.41) is 4.67. The number of pyridine rings is 1. The molecule has 18 nitrogen and oxygen atoms in total. The summed E-state index contributed by atoms with van der Waals surface area (Å²) < 4.78 is 68.8. The molecule has 0 unspecified atom stereocenters. The molecule has 6 atom stereocenters. The molecular formula is C50H62F3N9O9. The van der Waals surface area contributed by atoms with Crippen molar-refractivity contribution in [3.8, 4) is 22.7 Å². The number of halogens is 3. The number of methoxy groups -OCH3 is 1. The molecule has 21 heteroatoms. The minimum Gasteiger partial charge on any atom is -0.464 e. The van der Waals surface area contributed by atoms with E-state index in [0.29, 0.717) is 53.8 Å². The van der Waals surface area contributed by atoms with E-state index >= 15 is 0 Å². The number of benzene rings is 1. The number of cyclic esters (lactones) is 1. The molecule has 0 aliphatic carbocycles. The lowest BCUT2D eigenvalue weighted by molar-refractivity contribution is -0.155. The summed E-state index contributed by atoms with van der Waals surface area (Å²) in [4.78, 5) is 83.8. The SMILES string of the molecule is C=CC(=O)N1CCO[C@H]2CN(C(=O)N(C)[C@H](C(=O)N[C@H]3Cc4coc(n4)-c4ccc5c(c4)c(c(-c4cccnc4[C@H](C)OC)n5CC(F)(F)F)CC(C)(C)COC(=O)[C@@H]4CCCN(N4)C3=O)C(C)C)C[C@H]21. The largest absolute Gasteiger partial charge is 0.464 e. The first kappa shape index (κ1) is 51.0. The molecule has 4 aliphatic heterocycles. The Bertz CT molecular complexity index is 2680. The van der Waals surface area contributed by atoms with Crippen molar-refractivity contribution in [3.05, 3.63) is 72.4 Å². The van der Waals surface area contributed by atoms with E-state index in [1.807, 2.05) is 13.8 Å². The van der Waals surface area contributed by atoms with E-state index in [4.69, 9.17) is 23.6 Å². The van der Waals surface area contributed by atoms with Gasteiger partial charge in [0, 0.05) is 73.9 Å². The summed E-state index contributed by atoms with van der Waals surface area (Å²) in [7, 11) is 3.01. The molecular weight excluding hydrogens is 928 g/mol. The Kier molecular flexibility index (Phi) is 14.7. The molecule has 8 rings (SSSR count). The number of likely N-dealkylation sites (N-methyl/N-ethyl adjacent to an activating group) is 1. The molecule has 6 bridgehead atoms. The van der Waals surface area contributed by atoms with E-state index in [1.165, 1.54) is 41.0 Å². The van der Waals surface area contributed by atoms with Crippen molar-refractivity contribution >= 4 is 40.6 Å². The van der Waals surface area contributed by atoms with Gasteiger partial charge in [0.1, 0.15) is 30.9 Å². The number of alkyl halides is 3. The third-order valence-electron chi connectivity index (χ3n) is 13.8. The van der Waals surface area contributed by atoms with Crippen molar-refractivity contribution in [2.24, 2.45) is 11.3 Å². The standard InChI is InChI=1S/C50H62F3N9O9/c1-9-40(63)60-18-19-69-39-24-59(23-38(39)60)48(67)58(7)42(28(2)3)44(64)56-36-21-31-25-70-45(55-31)30-14-15-37-33(20-30)34(22-49(5,6)27-71-47(66)35-13-11-17-62(57-35)46(36)65)43(61(37)26-50(51,52)53)32-12-10-16-54-41(32)29(4)68-8/h9-10,12,14-16,20,25,28-29,35-36,38-39,42,57H,1,11,13,17-19,21-24,26-27H2,2-8H3,(H,56,64)/t29-,35-,36-,38+,39-,42-/m0/s1. The summed E-state index contributed by atoms with van der Waals surface area (Å²) in [5.74, 6) is -2.42. The van der Waals surface area contributed by atoms with Crippen molar-refractivity contribution in [3.63, 3.8) is 0 Å². The molecule has 71 heavy (non-hydrogen) atoms. The van der Waals surface area contributed by atoms with Gasteiger partial charge in [0.05, 0.1) is 55.1 Å². The summed E-state index contributed by atoms with van der Waals surface area (Å²) >= 11 is 0. The highest BCUT2D eigenvalue weighted by atomic mass is 19.4. The average Bonchev–Trinajstić information content (AvgIpc) is 4.07. The third-order valence-corrected chi connectivity index (χ3v) is 13.8. The smallest absolute Gasteiger partial charge is 0.406 e. The van der Waals surface area contributed by atoms with Crippen LogP contribution in [-0.2, 0) is 52.8 Å². The summed E-state index contributed by atoms with van der Waals surface area (Å²) in [6.45, 7) is 12.5. The zero-order chi connectivity index (χ0) is 51.1. The molecule has 2 N–H and O–H groups in total. The second-order valence-corrected chi connectivity index (χ2v) is 19.9. The minimum absolute atomic E-state index is 0.116. The van der Waals surface area contributed by atoms with E-state index in [0.717, 1.165) is 0 Å². The van der Waals surface area contributed by atoms with Crippen LogP contribution in [-0.4, -0.2) is 154 Å². The average molecular weight is 990 g/mol. The van der Waals surface area contributed by atoms with Crippen LogP contribution in [0.15, 0.2) is 59.9 Å². The van der Waals surface area contributed by atoms with Gasteiger partial charge in [-0.3, -0.25) is 29.2 Å². The number of carbonyl (C=O) groups is 5. The number of esters is 1. The lowest BCUT2D eigenvalue weighted by Gasteiger charge is -2.37. The number of ether oxygens (including phenoxy) is 3. The van der Waals surface area contributed by atoms with Crippen molar-refractivity contribution in [2.45, 2.75) is 109 Å². The predicted molar refractivity (Wildman–Crippen MR) is 253 cm³/mol. The number of fused-ring (bicyclic) bond motifs is 7. The van der Waals surface area contributed by atoms with Crippen molar-refractivity contribution in [2.75, 3.05) is 53.6 Å². The van der Waals surface area contributed by atoms with Gasteiger partial charge in [-0.25, -0.2) is 15.2 Å². The second-order valence-electron chi connectivity index (χ2n) is 19.9. The Labute approximate surface area is 409 Å². The van der Waals surface area contributed by atoms with E-state index in [1.54, 1.807) is 67.1 Å². The van der Waals surface area contributed by atoms with Gasteiger partial charge in [0.25, 0.3) is 5.91 Å². The minimum atomic E-state index is -4.62. The topological polar surface area (TPSA) is 194 Å². The van der Waals surface area contributed by atoms with Crippen LogP contribution in [0.4, 0.5) is 18.0 Å². The highest BCUT2D eigenvalue weighted by Crippen LogP contribution is 2.43. The summed E-state index contributed by atoms with van der Waals surface area (Å²) in [5.41, 5.74) is 4.89. The fourth-order valence-corrected chi connectivity index (χ4v) is 10.3. The molecule has 0 radical (unpaired) electrons. The van der Waals surface area contributed by atoms with Crippen LogP contribution in [0.5, 0.6) is 0 Å². The molecule has 5 amide bonds. The Morgan fingerprint density at radius 3 is 2.62 bits per heavy atom. The molecule has 1 aromatic carbocycles. The van der Waals surface area contributed by atoms with Crippen LogP contribution in [0, 0.1) is 11.3 Å². The van der Waals surface area contributed by atoms with Gasteiger partial charge in [0.2, 0.25) is 17.7 Å². The number of hydrogen-bond donors (Lipinski definition) is 2. The van der Waals surface area contributed by atoms with Gasteiger partial charge in [0.15, 0.2) is 0 Å². The number of nitrogens with one attached hydrogen (secondary N) is 2. The van der Waals surface area contributed by atoms with Gasteiger partial charge < -0.3 is 43.2 Å². The van der Waals surface area contributed by atoms with Crippen molar-refractivity contribution in [1.29, 1.82) is 0 Å². The van der Waals surface area contributed by atoms with Crippen LogP contribution in [0.3, 0.4) is 0 Å². The van der Waals surface area contributed by atoms with Crippen LogP contribution in [0.2, 0.25) is 0 Å². The fraction of sp³-hybridized carbons (Fsp3) is 0.540. The second kappa shape index (κ2) is 20.4. The first-order valence-corrected chi connectivity index (χ1v) is 23.9. The number of urea groups is 1. The van der Waals surface area contributed by atoms with Gasteiger partial charge in [-0.2, -0.15) is 13.2 Å². The van der Waals surface area contributed by atoms with Crippen molar-refractivity contribution < 1.29 is 55.8 Å². The molecule has 4 aromatic rings. The molecule has 4 aliphatic rings. The normalized spacial score (nSPS) is 22.7. The Morgan fingerprint density at radius 2 is 1.90 bits per heavy atom. The number of aromatic nitrogens is 3. The molecule has 382 valence electrons. The van der Waals surface area contributed by atoms with E-state index in [9.17, 15) is 37.1 Å². The highest BCUT2D eigenvalue weighted by molar-refractivity contribution is 5.95. The Hall–Kier alpha value is -6.32. The first-order chi connectivity index (χ1) is 33.7. The number of morpholine rings is 1. The highest BCUT2D eigenvalue weighted by Gasteiger charge is 2.46. The van der Waals surface area contributed by atoms with E-state index < -0.39 is 78.2 Å². The van der Waals surface area contributed by atoms with Gasteiger partial charge in [-0.15, -0.1) is 0 Å². The van der Waals surface area contributed by atoms with E-state index in [2.05, 4.69) is 22.3 Å². The third kappa shape index (κ3) is 10.7. The number of nitrogens with zero attached hydrogens (tertiary/aromatic N) is 7. The zero-order valence-corrected chi connectivity index (χ0v) is 41.1.